The molecule has 0 bridgehead atoms. The lowest BCUT2D eigenvalue weighted by molar-refractivity contribution is -0.137. The first kappa shape index (κ1) is 28.1. The highest BCUT2D eigenvalue weighted by Crippen LogP contribution is 2.38. The van der Waals surface area contributed by atoms with E-state index in [0.29, 0.717) is 51.1 Å². The van der Waals surface area contributed by atoms with Crippen LogP contribution in [0.4, 0.5) is 18.9 Å². The monoisotopic (exact) mass is 551 g/mol. The molecule has 1 N–H and O–H groups in total. The fraction of sp³-hybridized carbons (Fsp3) is 0.419. The van der Waals surface area contributed by atoms with Gasteiger partial charge in [0.15, 0.2) is 0 Å². The summed E-state index contributed by atoms with van der Waals surface area (Å²) in [5, 5.41) is 3.44. The molecule has 0 atom stereocenters. The van der Waals surface area contributed by atoms with Crippen molar-refractivity contribution in [2.75, 3.05) is 57.3 Å². The Bertz CT molecular complexity index is 1240. The number of piperidine rings is 1. The van der Waals surface area contributed by atoms with Crippen LogP contribution >= 0.6 is 0 Å². The molecule has 0 aliphatic carbocycles. The van der Waals surface area contributed by atoms with E-state index in [1.807, 2.05) is 41.3 Å². The zero-order valence-corrected chi connectivity index (χ0v) is 22.6. The van der Waals surface area contributed by atoms with E-state index < -0.39 is 17.2 Å². The highest BCUT2D eigenvalue weighted by Gasteiger charge is 2.39. The average Bonchev–Trinajstić information content (AvgIpc) is 2.98. The number of piperazine rings is 1. The van der Waals surface area contributed by atoms with Gasteiger partial charge in [0.25, 0.3) is 0 Å². The highest BCUT2D eigenvalue weighted by molar-refractivity contribution is 5.78. The van der Waals surface area contributed by atoms with E-state index in [4.69, 9.17) is 0 Å². The molecule has 2 aromatic carbocycles. The lowest BCUT2D eigenvalue weighted by Gasteiger charge is -2.43. The van der Waals surface area contributed by atoms with E-state index >= 15 is 0 Å². The smallest absolute Gasteiger partial charge is 0.369 e. The number of carbonyl (C=O) groups excluding carboxylic acids is 1. The minimum Gasteiger partial charge on any atom is -0.369 e. The van der Waals surface area contributed by atoms with Crippen LogP contribution < -0.4 is 10.2 Å². The van der Waals surface area contributed by atoms with Crippen molar-refractivity contribution >= 4 is 11.6 Å². The number of para-hydroxylation sites is 1. The molecule has 2 fully saturated rings. The van der Waals surface area contributed by atoms with Crippen molar-refractivity contribution in [1.82, 2.24) is 20.1 Å². The highest BCUT2D eigenvalue weighted by atomic mass is 19.4. The van der Waals surface area contributed by atoms with Crippen molar-refractivity contribution in [1.29, 1.82) is 0 Å². The van der Waals surface area contributed by atoms with Crippen molar-refractivity contribution in [2.24, 2.45) is 0 Å². The van der Waals surface area contributed by atoms with E-state index in [2.05, 4.69) is 32.2 Å². The van der Waals surface area contributed by atoms with Gasteiger partial charge in [0.1, 0.15) is 0 Å². The summed E-state index contributed by atoms with van der Waals surface area (Å²) in [6, 6.07) is 21.7. The van der Waals surface area contributed by atoms with Gasteiger partial charge < -0.3 is 15.1 Å². The lowest BCUT2D eigenvalue weighted by atomic mass is 9.72. The van der Waals surface area contributed by atoms with Crippen LogP contribution in [0.5, 0.6) is 0 Å². The number of rotatable bonds is 8. The normalized spacial score (nSPS) is 18.1. The number of hydrogen-bond acceptors (Lipinski definition) is 5. The van der Waals surface area contributed by atoms with E-state index in [-0.39, 0.29) is 5.91 Å². The maximum absolute atomic E-state index is 13.6. The van der Waals surface area contributed by atoms with Crippen molar-refractivity contribution in [2.45, 2.75) is 31.0 Å². The molecular weight excluding hydrogens is 515 g/mol. The molecule has 0 unspecified atom stereocenters. The number of nitrogens with zero attached hydrogens (tertiary/aromatic N) is 4. The minimum atomic E-state index is -4.40. The molecule has 0 saturated carbocycles. The van der Waals surface area contributed by atoms with Crippen LogP contribution in [0.25, 0.3) is 0 Å². The summed E-state index contributed by atoms with van der Waals surface area (Å²) >= 11 is 0. The van der Waals surface area contributed by atoms with Gasteiger partial charge in [-0.1, -0.05) is 42.5 Å². The Hall–Kier alpha value is -3.43. The summed E-state index contributed by atoms with van der Waals surface area (Å²) in [6.07, 6.45) is -1.49. The Morgan fingerprint density at radius 1 is 0.875 bits per heavy atom. The fourth-order valence-corrected chi connectivity index (χ4v) is 5.80. The number of benzene rings is 2. The standard InChI is InChI=1S/C31H36F3N5O/c32-31(33,34)26-8-6-7-25(21-26)30(24-35-22-27-9-4-5-14-36-27)12-15-39(16-13-30)29(40)23-37-17-19-38(20-18-37)28-10-2-1-3-11-28/h1-11,14,21,35H,12-13,15-20,22-24H2. The first-order chi connectivity index (χ1) is 19.3. The fourth-order valence-electron chi connectivity index (χ4n) is 5.80. The van der Waals surface area contributed by atoms with Crippen LogP contribution in [0.1, 0.15) is 29.7 Å². The number of nitrogens with one attached hydrogen (secondary N) is 1. The molecule has 2 saturated heterocycles. The van der Waals surface area contributed by atoms with Crippen LogP contribution in [0.3, 0.4) is 0 Å². The van der Waals surface area contributed by atoms with E-state index in [0.717, 1.165) is 37.9 Å². The number of aromatic nitrogens is 1. The number of alkyl halides is 3. The van der Waals surface area contributed by atoms with Crippen molar-refractivity contribution in [3.8, 4) is 0 Å². The maximum Gasteiger partial charge on any atom is 0.416 e. The first-order valence-corrected chi connectivity index (χ1v) is 13.9. The van der Waals surface area contributed by atoms with Gasteiger partial charge in [-0.25, -0.2) is 0 Å². The minimum absolute atomic E-state index is 0.0900. The Balaban J connectivity index is 1.21. The summed E-state index contributed by atoms with van der Waals surface area (Å²) in [5.74, 6) is 0.0900. The number of halogens is 3. The average molecular weight is 552 g/mol. The third-order valence-electron chi connectivity index (χ3n) is 8.22. The van der Waals surface area contributed by atoms with E-state index in [1.54, 1.807) is 12.3 Å². The topological polar surface area (TPSA) is 51.7 Å². The molecule has 2 aliphatic rings. The molecule has 9 heteroatoms. The molecule has 3 aromatic rings. The molecule has 40 heavy (non-hydrogen) atoms. The molecular formula is C31H36F3N5O. The summed E-state index contributed by atoms with van der Waals surface area (Å²) in [5.41, 5.74) is 1.60. The quantitative estimate of drug-likeness (QED) is 0.445. The Morgan fingerprint density at radius 3 is 2.27 bits per heavy atom. The zero-order chi connectivity index (χ0) is 28.0. The third kappa shape index (κ3) is 6.82. The molecule has 0 radical (unpaired) electrons. The van der Waals surface area contributed by atoms with Crippen LogP contribution in [0.15, 0.2) is 79.0 Å². The summed E-state index contributed by atoms with van der Waals surface area (Å²) in [4.78, 5) is 24.0. The molecule has 6 nitrogen and oxygen atoms in total. The summed E-state index contributed by atoms with van der Waals surface area (Å²) < 4.78 is 40.7. The number of hydrogen-bond donors (Lipinski definition) is 1. The van der Waals surface area contributed by atoms with Crippen molar-refractivity contribution < 1.29 is 18.0 Å². The molecule has 1 amide bonds. The van der Waals surface area contributed by atoms with Gasteiger partial charge in [0.2, 0.25) is 5.91 Å². The second kappa shape index (κ2) is 12.4. The SMILES string of the molecule is O=C(CN1CCN(c2ccccc2)CC1)N1CCC(CNCc2ccccn2)(c2cccc(C(F)(F)F)c2)CC1. The van der Waals surface area contributed by atoms with Gasteiger partial charge in [-0.3, -0.25) is 14.7 Å². The van der Waals surface area contributed by atoms with Gasteiger partial charge in [-0.2, -0.15) is 13.2 Å². The third-order valence-corrected chi connectivity index (χ3v) is 8.22. The summed E-state index contributed by atoms with van der Waals surface area (Å²) in [6.45, 7) is 5.83. The lowest BCUT2D eigenvalue weighted by Crippen LogP contribution is -2.53. The molecule has 2 aliphatic heterocycles. The van der Waals surface area contributed by atoms with Gasteiger partial charge >= 0.3 is 6.18 Å². The van der Waals surface area contributed by atoms with Crippen LogP contribution in [-0.2, 0) is 22.9 Å². The van der Waals surface area contributed by atoms with Crippen LogP contribution in [0.2, 0.25) is 0 Å². The first-order valence-electron chi connectivity index (χ1n) is 13.9. The number of pyridine rings is 1. The van der Waals surface area contributed by atoms with Crippen LogP contribution in [0, 0.1) is 0 Å². The number of anilines is 1. The maximum atomic E-state index is 13.6. The molecule has 5 rings (SSSR count). The molecule has 0 spiro atoms. The van der Waals surface area contributed by atoms with E-state index in [1.165, 1.54) is 17.8 Å². The Morgan fingerprint density at radius 2 is 1.60 bits per heavy atom. The molecule has 1 aromatic heterocycles. The molecule has 212 valence electrons. The second-order valence-corrected chi connectivity index (χ2v) is 10.8. The van der Waals surface area contributed by atoms with Crippen molar-refractivity contribution in [3.63, 3.8) is 0 Å². The number of carbonyl (C=O) groups is 1. The van der Waals surface area contributed by atoms with Gasteiger partial charge in [-0.05, 0) is 48.7 Å². The summed E-state index contributed by atoms with van der Waals surface area (Å²) in [7, 11) is 0. The van der Waals surface area contributed by atoms with Gasteiger partial charge in [0.05, 0.1) is 17.8 Å². The predicted octanol–water partition coefficient (Wildman–Crippen LogP) is 4.57. The van der Waals surface area contributed by atoms with E-state index in [9.17, 15) is 18.0 Å². The predicted molar refractivity (Wildman–Crippen MR) is 150 cm³/mol. The van der Waals surface area contributed by atoms with Crippen molar-refractivity contribution in [3.05, 3.63) is 95.8 Å². The Kier molecular flexibility index (Phi) is 8.71. The number of likely N-dealkylation sites (tertiary alicyclic amines) is 1. The largest absolute Gasteiger partial charge is 0.416 e. The Labute approximate surface area is 233 Å². The molecule has 3 heterocycles. The zero-order valence-electron chi connectivity index (χ0n) is 22.6. The van der Waals surface area contributed by atoms with Crippen LogP contribution in [-0.4, -0.2) is 73.0 Å². The van der Waals surface area contributed by atoms with Gasteiger partial charge in [0, 0.05) is 69.7 Å². The van der Waals surface area contributed by atoms with Gasteiger partial charge in [-0.15, -0.1) is 0 Å². The number of amides is 1. The second-order valence-electron chi connectivity index (χ2n) is 10.8.